The highest BCUT2D eigenvalue weighted by Crippen LogP contribution is 2.32. The predicted octanol–water partition coefficient (Wildman–Crippen LogP) is 4.19. The van der Waals surface area contributed by atoms with Gasteiger partial charge in [0.2, 0.25) is 0 Å². The van der Waals surface area contributed by atoms with Crippen molar-refractivity contribution in [1.82, 2.24) is 0 Å². The normalized spacial score (nSPS) is 24.3. The molecule has 1 saturated heterocycles. The molecule has 1 heterocycles. The minimum Gasteiger partial charge on any atom is -0.377 e. The molecule has 2 nitrogen and oxygen atoms in total. The van der Waals surface area contributed by atoms with Crippen molar-refractivity contribution >= 4 is 33.2 Å². The number of hydrogen-bond acceptors (Lipinski definition) is 2. The van der Waals surface area contributed by atoms with Gasteiger partial charge in [-0.25, -0.2) is 0 Å². The molecule has 1 fully saturated rings. The maximum atomic E-state index is 6.05. The zero-order chi connectivity index (χ0) is 13.2. The van der Waals surface area contributed by atoms with Crippen molar-refractivity contribution in [2.45, 2.75) is 31.2 Å². The van der Waals surface area contributed by atoms with Gasteiger partial charge in [-0.3, -0.25) is 0 Å². The van der Waals surface area contributed by atoms with Crippen LogP contribution >= 0.6 is 27.5 Å². The molecule has 0 amide bonds. The predicted molar refractivity (Wildman–Crippen MR) is 80.6 cm³/mol. The average Bonchev–Trinajstić information content (AvgIpc) is 2.38. The molecule has 1 aliphatic heterocycles. The lowest BCUT2D eigenvalue weighted by atomic mass is 9.94. The molecule has 1 unspecified atom stereocenters. The number of halogens is 2. The van der Waals surface area contributed by atoms with Crippen molar-refractivity contribution < 1.29 is 4.74 Å². The maximum Gasteiger partial charge on any atom is 0.0825 e. The summed E-state index contributed by atoms with van der Waals surface area (Å²) in [4.78, 5) is 2.39. The van der Waals surface area contributed by atoms with Gasteiger partial charge in [0, 0.05) is 36.2 Å². The first-order chi connectivity index (χ1) is 8.58. The van der Waals surface area contributed by atoms with Crippen LogP contribution in [0.15, 0.2) is 22.7 Å². The van der Waals surface area contributed by atoms with E-state index >= 15 is 0 Å². The van der Waals surface area contributed by atoms with Crippen LogP contribution in [0.1, 0.15) is 25.3 Å². The highest BCUT2D eigenvalue weighted by Gasteiger charge is 2.31. The van der Waals surface area contributed by atoms with Crippen molar-refractivity contribution in [2.75, 3.05) is 25.1 Å². The monoisotopic (exact) mass is 331 g/mol. The van der Waals surface area contributed by atoms with E-state index in [9.17, 15) is 0 Å². The number of rotatable bonds is 3. The number of nitrogens with zero attached hydrogens (tertiary/aromatic N) is 1. The standard InChI is InChI=1S/C14H19BrClNO/c1-14(18-2)6-3-7-17(10-14)13-5-4-12(15)8-11(13)9-16/h4-5,8H,3,6-7,9-10H2,1-2H3. The summed E-state index contributed by atoms with van der Waals surface area (Å²) in [5.41, 5.74) is 2.36. The van der Waals surface area contributed by atoms with Crippen LogP contribution < -0.4 is 4.90 Å². The third kappa shape index (κ3) is 3.01. The summed E-state index contributed by atoms with van der Waals surface area (Å²) in [7, 11) is 1.80. The van der Waals surface area contributed by atoms with Gasteiger partial charge in [-0.05, 0) is 43.5 Å². The maximum absolute atomic E-state index is 6.05. The van der Waals surface area contributed by atoms with Crippen molar-refractivity contribution in [3.63, 3.8) is 0 Å². The Balaban J connectivity index is 2.25. The van der Waals surface area contributed by atoms with Crippen LogP contribution in [0.5, 0.6) is 0 Å². The highest BCUT2D eigenvalue weighted by molar-refractivity contribution is 9.10. The van der Waals surface area contributed by atoms with E-state index in [1.54, 1.807) is 7.11 Å². The number of piperidine rings is 1. The Labute approximate surface area is 122 Å². The van der Waals surface area contributed by atoms with Crippen LogP contribution in [-0.4, -0.2) is 25.8 Å². The molecule has 4 heteroatoms. The number of alkyl halides is 1. The van der Waals surface area contributed by atoms with Gasteiger partial charge < -0.3 is 9.64 Å². The number of benzene rings is 1. The molecule has 0 aromatic heterocycles. The summed E-state index contributed by atoms with van der Waals surface area (Å²) >= 11 is 9.54. The topological polar surface area (TPSA) is 12.5 Å². The second-order valence-corrected chi connectivity index (χ2v) is 6.27. The Morgan fingerprint density at radius 2 is 2.28 bits per heavy atom. The molecule has 0 N–H and O–H groups in total. The van der Waals surface area contributed by atoms with Crippen molar-refractivity contribution in [3.8, 4) is 0 Å². The van der Waals surface area contributed by atoms with Gasteiger partial charge >= 0.3 is 0 Å². The van der Waals surface area contributed by atoms with E-state index in [0.29, 0.717) is 5.88 Å². The Morgan fingerprint density at radius 1 is 1.50 bits per heavy atom. The second-order valence-electron chi connectivity index (χ2n) is 5.09. The summed E-state index contributed by atoms with van der Waals surface area (Å²) in [5, 5.41) is 0. The lowest BCUT2D eigenvalue weighted by Crippen LogP contribution is -2.47. The fourth-order valence-electron chi connectivity index (χ4n) is 2.55. The molecule has 0 saturated carbocycles. The summed E-state index contributed by atoms with van der Waals surface area (Å²) in [6, 6.07) is 6.31. The van der Waals surface area contributed by atoms with Gasteiger partial charge in [-0.1, -0.05) is 15.9 Å². The third-order valence-corrected chi connectivity index (χ3v) is 4.46. The van der Waals surface area contributed by atoms with Crippen LogP contribution in [0.2, 0.25) is 0 Å². The van der Waals surface area contributed by atoms with E-state index in [4.69, 9.17) is 16.3 Å². The Kier molecular flexibility index (Phi) is 4.57. The number of ether oxygens (including phenoxy) is 1. The van der Waals surface area contributed by atoms with Crippen LogP contribution in [-0.2, 0) is 10.6 Å². The zero-order valence-electron chi connectivity index (χ0n) is 10.9. The zero-order valence-corrected chi connectivity index (χ0v) is 13.2. The van der Waals surface area contributed by atoms with Gasteiger partial charge in [-0.2, -0.15) is 0 Å². The molecule has 2 rings (SSSR count). The third-order valence-electron chi connectivity index (χ3n) is 3.68. The van der Waals surface area contributed by atoms with Crippen LogP contribution in [0.25, 0.3) is 0 Å². The molecule has 100 valence electrons. The molecule has 0 aliphatic carbocycles. The van der Waals surface area contributed by atoms with Gasteiger partial charge in [0.25, 0.3) is 0 Å². The quantitative estimate of drug-likeness (QED) is 0.769. The SMILES string of the molecule is COC1(C)CCCN(c2ccc(Br)cc2CCl)C1. The van der Waals surface area contributed by atoms with E-state index in [1.807, 2.05) is 0 Å². The van der Waals surface area contributed by atoms with Gasteiger partial charge in [0.15, 0.2) is 0 Å². The fourth-order valence-corrected chi connectivity index (χ4v) is 3.17. The Bertz CT molecular complexity index is 426. The number of hydrogen-bond donors (Lipinski definition) is 0. The first kappa shape index (κ1) is 14.2. The molecule has 0 bridgehead atoms. The molecule has 18 heavy (non-hydrogen) atoms. The largest absolute Gasteiger partial charge is 0.377 e. The number of anilines is 1. The van der Waals surface area contributed by atoms with Gasteiger partial charge in [-0.15, -0.1) is 11.6 Å². The van der Waals surface area contributed by atoms with E-state index in [1.165, 1.54) is 11.3 Å². The minimum atomic E-state index is -0.0467. The van der Waals surface area contributed by atoms with Crippen LogP contribution in [0, 0.1) is 0 Å². The fraction of sp³-hybridized carbons (Fsp3) is 0.571. The van der Waals surface area contributed by atoms with Crippen molar-refractivity contribution in [3.05, 3.63) is 28.2 Å². The van der Waals surface area contributed by atoms with E-state index in [2.05, 4.69) is 46.0 Å². The van der Waals surface area contributed by atoms with Crippen molar-refractivity contribution in [2.24, 2.45) is 0 Å². The molecule has 1 aliphatic rings. The van der Waals surface area contributed by atoms with Crippen LogP contribution in [0.4, 0.5) is 5.69 Å². The van der Waals surface area contributed by atoms with E-state index in [-0.39, 0.29) is 5.60 Å². The van der Waals surface area contributed by atoms with E-state index in [0.717, 1.165) is 30.4 Å². The highest BCUT2D eigenvalue weighted by atomic mass is 79.9. The molecule has 1 aromatic carbocycles. The van der Waals surface area contributed by atoms with Gasteiger partial charge in [0.1, 0.15) is 0 Å². The summed E-state index contributed by atoms with van der Waals surface area (Å²) in [5.74, 6) is 0.537. The van der Waals surface area contributed by atoms with E-state index < -0.39 is 0 Å². The molecular weight excluding hydrogens is 314 g/mol. The van der Waals surface area contributed by atoms with Crippen molar-refractivity contribution in [1.29, 1.82) is 0 Å². The summed E-state index contributed by atoms with van der Waals surface area (Å²) < 4.78 is 6.72. The summed E-state index contributed by atoms with van der Waals surface area (Å²) in [6.07, 6.45) is 2.27. The lowest BCUT2D eigenvalue weighted by Gasteiger charge is -2.41. The Morgan fingerprint density at radius 3 is 2.94 bits per heavy atom. The van der Waals surface area contributed by atoms with Gasteiger partial charge in [0.05, 0.1) is 5.60 Å². The molecule has 0 spiro atoms. The van der Waals surface area contributed by atoms with Crippen LogP contribution in [0.3, 0.4) is 0 Å². The molecule has 0 radical (unpaired) electrons. The average molecular weight is 333 g/mol. The first-order valence-electron chi connectivity index (χ1n) is 6.22. The lowest BCUT2D eigenvalue weighted by molar-refractivity contribution is -0.00467. The summed E-state index contributed by atoms with van der Waals surface area (Å²) in [6.45, 7) is 4.18. The smallest absolute Gasteiger partial charge is 0.0825 e. The minimum absolute atomic E-state index is 0.0467. The number of methoxy groups -OCH3 is 1. The second kappa shape index (κ2) is 5.81. The first-order valence-corrected chi connectivity index (χ1v) is 7.55. The molecular formula is C14H19BrClNO. The Hall–Kier alpha value is -0.250. The molecule has 1 atom stereocenters. The molecule has 1 aromatic rings.